The van der Waals surface area contributed by atoms with Crippen LogP contribution in [0.15, 0.2) is 65.5 Å². The first-order valence-electron chi connectivity index (χ1n) is 28.4. The average Bonchev–Trinajstić information content (AvgIpc) is 3.21. The number of nitrogens with one attached hydrogen (secondary N) is 2. The van der Waals surface area contributed by atoms with Gasteiger partial charge in [0.2, 0.25) is 17.7 Å². The van der Waals surface area contributed by atoms with Gasteiger partial charge in [-0.15, -0.1) is 0 Å². The second kappa shape index (κ2) is 22.3. The zero-order valence-corrected chi connectivity index (χ0v) is 44.5. The summed E-state index contributed by atoms with van der Waals surface area (Å²) in [6, 6.07) is 15.3. The van der Waals surface area contributed by atoms with Gasteiger partial charge >= 0.3 is 6.18 Å². The highest BCUT2D eigenvalue weighted by atomic mass is 19.4. The van der Waals surface area contributed by atoms with Gasteiger partial charge in [-0.05, 0) is 112 Å². The number of likely N-dealkylation sites (tertiary alicyclic amines) is 3. The Morgan fingerprint density at radius 3 is 2.08 bits per heavy atom. The van der Waals surface area contributed by atoms with E-state index >= 15 is 8.78 Å². The van der Waals surface area contributed by atoms with Gasteiger partial charge in [-0.25, -0.2) is 13.9 Å². The zero-order chi connectivity index (χ0) is 55.2. The SMILES string of the molecule is O=C(N[C@@H](C(=O)N1CCC(OC2CCN(CC(=O)N3CCN(C(=O)c4cc(Cc5n[nH]c(=O)c6ccccc56)ccc4F)CC3)CC2)CC1)C1CCCCC1)c1cccc(C2CCCN(C(=O)C34CC(C(F)(F)F)(C3)C4)C2)c1F. The van der Waals surface area contributed by atoms with Gasteiger partial charge in [-0.1, -0.05) is 55.7 Å². The highest BCUT2D eigenvalue weighted by Crippen LogP contribution is 2.79. The van der Waals surface area contributed by atoms with Gasteiger partial charge in [-0.2, -0.15) is 18.3 Å². The van der Waals surface area contributed by atoms with Crippen LogP contribution < -0.4 is 10.9 Å². The first kappa shape index (κ1) is 54.7. The molecule has 4 saturated carbocycles. The predicted molar refractivity (Wildman–Crippen MR) is 282 cm³/mol. The number of fused-ring (bicyclic) bond motifs is 1. The van der Waals surface area contributed by atoms with Gasteiger partial charge in [0.25, 0.3) is 17.4 Å². The Kier molecular flexibility index (Phi) is 15.5. The molecule has 2 bridgehead atoms. The number of hydrogen-bond acceptors (Lipinski definition) is 9. The van der Waals surface area contributed by atoms with Crippen molar-refractivity contribution in [3.05, 3.63) is 111 Å². The number of carbonyl (C=O) groups is 5. The fourth-order valence-electron chi connectivity index (χ4n) is 14.0. The van der Waals surface area contributed by atoms with Crippen LogP contribution in [0.25, 0.3) is 10.8 Å². The van der Waals surface area contributed by atoms with Crippen LogP contribution in [-0.4, -0.2) is 161 Å². The van der Waals surface area contributed by atoms with Gasteiger partial charge in [0.15, 0.2) is 0 Å². The van der Waals surface area contributed by atoms with Crippen LogP contribution in [-0.2, 0) is 25.5 Å². The Labute approximate surface area is 455 Å². The van der Waals surface area contributed by atoms with E-state index in [4.69, 9.17) is 4.74 Å². The molecule has 5 amide bonds. The molecule has 4 aliphatic carbocycles. The molecule has 4 aliphatic heterocycles. The normalized spacial score (nSPS) is 24.9. The molecule has 3 aromatic carbocycles. The minimum absolute atomic E-state index is 0.00437. The van der Waals surface area contributed by atoms with Crippen LogP contribution in [0.5, 0.6) is 0 Å². The topological polar surface area (TPSA) is 169 Å². The molecular weight excluding hydrogens is 1030 g/mol. The number of piperazine rings is 1. The van der Waals surface area contributed by atoms with E-state index in [2.05, 4.69) is 20.4 Å². The number of benzene rings is 3. The fourth-order valence-corrected chi connectivity index (χ4v) is 14.0. The number of rotatable bonds is 13. The Balaban J connectivity index is 0.623. The largest absolute Gasteiger partial charge is 0.394 e. The number of ether oxygens (including phenoxy) is 1. The average molecular weight is 1100 g/mol. The summed E-state index contributed by atoms with van der Waals surface area (Å²) in [5.41, 5.74) is -1.71. The maximum absolute atomic E-state index is 16.5. The highest BCUT2D eigenvalue weighted by Gasteiger charge is 2.81. The van der Waals surface area contributed by atoms with Crippen molar-refractivity contribution in [2.75, 3.05) is 72.0 Å². The quantitative estimate of drug-likeness (QED) is 0.130. The van der Waals surface area contributed by atoms with E-state index in [0.717, 1.165) is 44.9 Å². The van der Waals surface area contributed by atoms with Crippen LogP contribution >= 0.6 is 0 Å². The molecule has 4 aromatic rings. The van der Waals surface area contributed by atoms with E-state index in [1.807, 2.05) is 6.07 Å². The number of aromatic amines is 1. The monoisotopic (exact) mass is 1100 g/mol. The molecule has 4 saturated heterocycles. The lowest BCUT2D eigenvalue weighted by Crippen LogP contribution is -2.73. The van der Waals surface area contributed by atoms with Crippen molar-refractivity contribution >= 4 is 40.3 Å². The molecular formula is C59H69F5N8O7. The summed E-state index contributed by atoms with van der Waals surface area (Å²) in [6.07, 6.45) is 3.58. The second-order valence-electron chi connectivity index (χ2n) is 23.6. The third-order valence-corrected chi connectivity index (χ3v) is 18.5. The van der Waals surface area contributed by atoms with Crippen LogP contribution in [0.2, 0.25) is 0 Å². The van der Waals surface area contributed by atoms with Gasteiger partial charge in [0, 0.05) is 83.2 Å². The summed E-state index contributed by atoms with van der Waals surface area (Å²) in [6.45, 7) is 4.24. The smallest absolute Gasteiger partial charge is 0.375 e. The van der Waals surface area contributed by atoms with E-state index < -0.39 is 52.4 Å². The number of carbonyl (C=O) groups excluding carboxylic acids is 5. The number of halogens is 5. The van der Waals surface area contributed by atoms with Crippen molar-refractivity contribution in [3.8, 4) is 0 Å². The molecule has 12 rings (SSSR count). The third kappa shape index (κ3) is 11.0. The van der Waals surface area contributed by atoms with Crippen LogP contribution in [0.1, 0.15) is 133 Å². The summed E-state index contributed by atoms with van der Waals surface area (Å²) in [7, 11) is 0. The molecule has 0 radical (unpaired) electrons. The predicted octanol–water partition coefficient (Wildman–Crippen LogP) is 7.37. The van der Waals surface area contributed by atoms with Crippen molar-refractivity contribution in [2.45, 2.75) is 127 Å². The van der Waals surface area contributed by atoms with Crippen molar-refractivity contribution in [1.82, 2.24) is 40.0 Å². The number of alkyl halides is 3. The maximum atomic E-state index is 16.5. The molecule has 0 spiro atoms. The maximum Gasteiger partial charge on any atom is 0.394 e. The Hall–Kier alpha value is -6.28. The highest BCUT2D eigenvalue weighted by molar-refractivity contribution is 5.98. The molecule has 15 nitrogen and oxygen atoms in total. The molecule has 2 atom stereocenters. The lowest BCUT2D eigenvalue weighted by Gasteiger charge is -2.69. The van der Waals surface area contributed by atoms with Gasteiger partial charge in [-0.3, -0.25) is 33.7 Å². The first-order chi connectivity index (χ1) is 38.0. The lowest BCUT2D eigenvalue weighted by molar-refractivity contribution is -0.353. The fraction of sp³-hybridized carbons (Fsp3) is 0.576. The molecule has 79 heavy (non-hydrogen) atoms. The van der Waals surface area contributed by atoms with E-state index in [9.17, 15) is 41.9 Å². The molecule has 8 aliphatic rings. The van der Waals surface area contributed by atoms with Crippen LogP contribution in [0.3, 0.4) is 0 Å². The number of H-pyrrole nitrogens is 1. The number of hydrogen-bond donors (Lipinski definition) is 2. The van der Waals surface area contributed by atoms with Crippen LogP contribution in [0.4, 0.5) is 22.0 Å². The summed E-state index contributed by atoms with van der Waals surface area (Å²) in [4.78, 5) is 90.2. The summed E-state index contributed by atoms with van der Waals surface area (Å²) in [5, 5.41) is 10.9. The van der Waals surface area contributed by atoms with Crippen molar-refractivity contribution in [3.63, 3.8) is 0 Å². The number of piperidine rings is 3. The van der Waals surface area contributed by atoms with E-state index in [-0.39, 0.29) is 110 Å². The standard InChI is InChI=1S/C59H69F5N8O7/c60-47-16-15-37(31-48-43-11-4-5-12-44(43)53(75)67-66-48)30-46(47)54(76)71-28-26-69(27-29-71)49(73)33-68-22-17-40(18-23-68)79-41-19-24-70(25-20-41)55(77)51(38-8-2-1-3-9-38)65-52(74)45-14-6-13-42(50(45)61)39-10-7-21-72(32-39)56(78)57-34-58(35-57,36-57)59(62,63)64/h4-6,11-16,30,38-41,51H,1-3,7-10,17-29,31-36H2,(H,65,74)(H,67,75)/t39?,51-,57?,58?/m1/s1. The minimum atomic E-state index is -4.32. The van der Waals surface area contributed by atoms with Crippen LogP contribution in [0, 0.1) is 28.4 Å². The van der Waals surface area contributed by atoms with Gasteiger partial charge in [0.1, 0.15) is 17.7 Å². The molecule has 20 heteroatoms. The zero-order valence-electron chi connectivity index (χ0n) is 44.5. The van der Waals surface area contributed by atoms with E-state index in [1.54, 1.807) is 56.0 Å². The molecule has 422 valence electrons. The first-order valence-corrected chi connectivity index (χ1v) is 28.4. The van der Waals surface area contributed by atoms with Gasteiger partial charge in [0.05, 0.1) is 51.8 Å². The minimum Gasteiger partial charge on any atom is -0.375 e. The van der Waals surface area contributed by atoms with Crippen molar-refractivity contribution in [1.29, 1.82) is 0 Å². The molecule has 2 N–H and O–H groups in total. The third-order valence-electron chi connectivity index (χ3n) is 18.5. The molecule has 8 fully saturated rings. The summed E-state index contributed by atoms with van der Waals surface area (Å²) < 4.78 is 78.9. The van der Waals surface area contributed by atoms with E-state index in [0.29, 0.717) is 93.5 Å². The molecule has 5 heterocycles. The molecule has 1 aromatic heterocycles. The number of amides is 5. The summed E-state index contributed by atoms with van der Waals surface area (Å²) in [5.74, 6) is -3.51. The Morgan fingerprint density at radius 2 is 1.38 bits per heavy atom. The number of nitrogens with zero attached hydrogens (tertiary/aromatic N) is 6. The van der Waals surface area contributed by atoms with Crippen molar-refractivity contribution in [2.24, 2.45) is 16.7 Å². The molecule has 1 unspecified atom stereocenters. The van der Waals surface area contributed by atoms with E-state index in [1.165, 1.54) is 18.2 Å². The van der Waals surface area contributed by atoms with Crippen molar-refractivity contribution < 1.29 is 50.7 Å². The second-order valence-corrected chi connectivity index (χ2v) is 23.6. The van der Waals surface area contributed by atoms with Gasteiger partial charge < -0.3 is 29.7 Å². The number of aromatic nitrogens is 2. The summed E-state index contributed by atoms with van der Waals surface area (Å²) >= 11 is 0. The Bertz CT molecular complexity index is 3010. The lowest BCUT2D eigenvalue weighted by atomic mass is 9.34. The Morgan fingerprint density at radius 1 is 0.709 bits per heavy atom.